The number of aliphatic carboxylic acids is 1. The zero-order chi connectivity index (χ0) is 15.4. The van der Waals surface area contributed by atoms with Crippen LogP contribution in [0.3, 0.4) is 0 Å². The molecule has 21 heavy (non-hydrogen) atoms. The summed E-state index contributed by atoms with van der Waals surface area (Å²) in [5.74, 6) is -1.29. The van der Waals surface area contributed by atoms with Gasteiger partial charge in [0, 0.05) is 11.0 Å². The maximum absolute atomic E-state index is 12.1. The number of hydrogen-bond acceptors (Lipinski definition) is 6. The molecule has 110 valence electrons. The summed E-state index contributed by atoms with van der Waals surface area (Å²) in [6, 6.07) is 1.73. The number of carboxylic acid groups (broad SMARTS) is 1. The first-order chi connectivity index (χ1) is 9.99. The summed E-state index contributed by atoms with van der Waals surface area (Å²) in [5.41, 5.74) is 0.856. The lowest BCUT2D eigenvalue weighted by atomic mass is 10.2. The van der Waals surface area contributed by atoms with Gasteiger partial charge >= 0.3 is 5.97 Å². The highest BCUT2D eigenvalue weighted by Gasteiger charge is 2.13. The van der Waals surface area contributed by atoms with Crippen molar-refractivity contribution >= 4 is 45.8 Å². The first-order valence-electron chi connectivity index (χ1n) is 6.14. The molecule has 0 atom stereocenters. The molecule has 6 nitrogen and oxygen atoms in total. The van der Waals surface area contributed by atoms with Crippen molar-refractivity contribution in [3.63, 3.8) is 0 Å². The second-order valence-electron chi connectivity index (χ2n) is 4.14. The van der Waals surface area contributed by atoms with Crippen molar-refractivity contribution in [1.82, 2.24) is 10.2 Å². The Morgan fingerprint density at radius 3 is 2.76 bits per heavy atom. The lowest BCUT2D eigenvalue weighted by molar-refractivity contribution is -0.131. The lowest BCUT2D eigenvalue weighted by Gasteiger charge is -1.96. The van der Waals surface area contributed by atoms with E-state index in [1.54, 1.807) is 6.07 Å². The summed E-state index contributed by atoms with van der Waals surface area (Å²) in [4.78, 5) is 23.9. The van der Waals surface area contributed by atoms with Crippen molar-refractivity contribution in [3.05, 3.63) is 32.5 Å². The molecule has 0 bridgehead atoms. The van der Waals surface area contributed by atoms with Crippen LogP contribution in [0.1, 0.15) is 32.0 Å². The van der Waals surface area contributed by atoms with Gasteiger partial charge in [0.1, 0.15) is 5.01 Å². The van der Waals surface area contributed by atoms with Crippen LogP contribution >= 0.6 is 22.7 Å². The van der Waals surface area contributed by atoms with E-state index < -0.39 is 5.97 Å². The molecular weight excluding hydrogens is 310 g/mol. The summed E-state index contributed by atoms with van der Waals surface area (Å²) in [6.07, 6.45) is 3.31. The molecule has 2 aromatic rings. The van der Waals surface area contributed by atoms with Gasteiger partial charge < -0.3 is 5.11 Å². The molecule has 2 heterocycles. The number of hydrogen-bond donors (Lipinski definition) is 2. The molecule has 0 aliphatic heterocycles. The van der Waals surface area contributed by atoms with Gasteiger partial charge in [-0.3, -0.25) is 10.1 Å². The summed E-state index contributed by atoms with van der Waals surface area (Å²) in [7, 11) is 0. The number of carbonyl (C=O) groups is 2. The SMILES string of the molecule is CCc1nnc(NC(=O)c2cc(C)c(/C=C/C(=O)O)s2)s1. The van der Waals surface area contributed by atoms with Crippen LogP contribution in [0.2, 0.25) is 0 Å². The van der Waals surface area contributed by atoms with E-state index in [9.17, 15) is 9.59 Å². The third kappa shape index (κ3) is 3.96. The first kappa shape index (κ1) is 15.3. The number of aryl methyl sites for hydroxylation is 2. The molecule has 0 radical (unpaired) electrons. The number of nitrogens with one attached hydrogen (secondary N) is 1. The van der Waals surface area contributed by atoms with Gasteiger partial charge in [-0.2, -0.15) is 0 Å². The van der Waals surface area contributed by atoms with Crippen LogP contribution < -0.4 is 5.32 Å². The number of rotatable bonds is 5. The zero-order valence-corrected chi connectivity index (χ0v) is 13.0. The number of nitrogens with zero attached hydrogens (tertiary/aromatic N) is 2. The fourth-order valence-electron chi connectivity index (χ4n) is 1.53. The molecule has 0 aliphatic rings. The van der Waals surface area contributed by atoms with E-state index in [0.717, 1.165) is 27.9 Å². The average Bonchev–Trinajstić information content (AvgIpc) is 3.03. The van der Waals surface area contributed by atoms with E-state index in [1.165, 1.54) is 28.7 Å². The Morgan fingerprint density at radius 2 is 2.14 bits per heavy atom. The van der Waals surface area contributed by atoms with Crippen molar-refractivity contribution in [2.75, 3.05) is 5.32 Å². The molecule has 8 heteroatoms. The van der Waals surface area contributed by atoms with E-state index in [0.29, 0.717) is 10.0 Å². The van der Waals surface area contributed by atoms with Crippen molar-refractivity contribution in [2.45, 2.75) is 20.3 Å². The molecule has 2 aromatic heterocycles. The van der Waals surface area contributed by atoms with Crippen LogP contribution in [0.15, 0.2) is 12.1 Å². The van der Waals surface area contributed by atoms with Gasteiger partial charge in [0.25, 0.3) is 5.91 Å². The van der Waals surface area contributed by atoms with Crippen molar-refractivity contribution in [2.24, 2.45) is 0 Å². The third-order valence-corrected chi connectivity index (χ3v) is 4.73. The van der Waals surface area contributed by atoms with Crippen molar-refractivity contribution < 1.29 is 14.7 Å². The molecule has 0 aromatic carbocycles. The zero-order valence-electron chi connectivity index (χ0n) is 11.4. The number of carbonyl (C=O) groups excluding carboxylic acids is 1. The van der Waals surface area contributed by atoms with Gasteiger partial charge in [-0.25, -0.2) is 4.79 Å². The van der Waals surface area contributed by atoms with E-state index >= 15 is 0 Å². The third-order valence-electron chi connectivity index (χ3n) is 2.55. The molecule has 2 rings (SSSR count). The summed E-state index contributed by atoms with van der Waals surface area (Å²) >= 11 is 2.58. The van der Waals surface area contributed by atoms with Gasteiger partial charge in [0.2, 0.25) is 5.13 Å². The van der Waals surface area contributed by atoms with Crippen LogP contribution in [0.4, 0.5) is 5.13 Å². The van der Waals surface area contributed by atoms with Gasteiger partial charge in [0.05, 0.1) is 4.88 Å². The van der Waals surface area contributed by atoms with Crippen LogP contribution in [0, 0.1) is 6.92 Å². The number of aromatic nitrogens is 2. The van der Waals surface area contributed by atoms with E-state index in [4.69, 9.17) is 5.11 Å². The fraction of sp³-hybridized carbons (Fsp3) is 0.231. The van der Waals surface area contributed by atoms with Crippen LogP contribution in [-0.4, -0.2) is 27.2 Å². The molecule has 0 saturated carbocycles. The Hall–Kier alpha value is -2.06. The van der Waals surface area contributed by atoms with E-state index in [1.807, 2.05) is 13.8 Å². The fourth-order valence-corrected chi connectivity index (χ4v) is 3.17. The average molecular weight is 323 g/mol. The monoisotopic (exact) mass is 323 g/mol. The Balaban J connectivity index is 2.12. The number of carboxylic acids is 1. The van der Waals surface area contributed by atoms with Crippen LogP contribution in [-0.2, 0) is 11.2 Å². The molecular formula is C13H13N3O3S2. The number of thiophene rings is 1. The van der Waals surface area contributed by atoms with Gasteiger partial charge in [-0.1, -0.05) is 18.3 Å². The van der Waals surface area contributed by atoms with Crippen molar-refractivity contribution in [3.8, 4) is 0 Å². The highest BCUT2D eigenvalue weighted by Crippen LogP contribution is 2.25. The maximum Gasteiger partial charge on any atom is 0.328 e. The largest absolute Gasteiger partial charge is 0.478 e. The van der Waals surface area contributed by atoms with Crippen molar-refractivity contribution in [1.29, 1.82) is 0 Å². The van der Waals surface area contributed by atoms with E-state index in [2.05, 4.69) is 15.5 Å². The Bertz CT molecular complexity index is 703. The second-order valence-corrected chi connectivity index (χ2v) is 6.28. The predicted molar refractivity (Wildman–Crippen MR) is 83.0 cm³/mol. The number of amides is 1. The molecule has 2 N–H and O–H groups in total. The topological polar surface area (TPSA) is 92.2 Å². The standard InChI is InChI=1S/C13H13N3O3S2/c1-3-10-15-16-13(21-10)14-12(19)9-6-7(2)8(20-9)4-5-11(17)18/h4-6H,3H2,1-2H3,(H,17,18)(H,14,16,19)/b5-4+. The van der Waals surface area contributed by atoms with Crippen LogP contribution in [0.5, 0.6) is 0 Å². The second kappa shape index (κ2) is 6.59. The summed E-state index contributed by atoms with van der Waals surface area (Å²) in [5, 5.41) is 20.5. The summed E-state index contributed by atoms with van der Waals surface area (Å²) < 4.78 is 0. The normalized spacial score (nSPS) is 11.0. The minimum absolute atomic E-state index is 0.267. The smallest absolute Gasteiger partial charge is 0.328 e. The molecule has 0 aliphatic carbocycles. The highest BCUT2D eigenvalue weighted by atomic mass is 32.1. The first-order valence-corrected chi connectivity index (χ1v) is 7.78. The molecule has 0 spiro atoms. The highest BCUT2D eigenvalue weighted by molar-refractivity contribution is 7.16. The molecule has 0 fully saturated rings. The summed E-state index contributed by atoms with van der Waals surface area (Å²) in [6.45, 7) is 3.80. The minimum atomic E-state index is -1.02. The maximum atomic E-state index is 12.1. The molecule has 0 unspecified atom stereocenters. The minimum Gasteiger partial charge on any atom is -0.478 e. The Labute approximate surface area is 129 Å². The van der Waals surface area contributed by atoms with Crippen LogP contribution in [0.25, 0.3) is 6.08 Å². The van der Waals surface area contributed by atoms with Gasteiger partial charge in [-0.05, 0) is 31.1 Å². The Kier molecular flexibility index (Phi) is 4.81. The Morgan fingerprint density at radius 1 is 1.38 bits per heavy atom. The predicted octanol–water partition coefficient (Wildman–Crippen LogP) is 2.82. The van der Waals surface area contributed by atoms with E-state index in [-0.39, 0.29) is 5.91 Å². The quantitative estimate of drug-likeness (QED) is 0.825. The molecule has 1 amide bonds. The van der Waals surface area contributed by atoms with Gasteiger partial charge in [0.15, 0.2) is 0 Å². The number of anilines is 1. The molecule has 0 saturated heterocycles. The van der Waals surface area contributed by atoms with Gasteiger partial charge in [-0.15, -0.1) is 21.5 Å². The lowest BCUT2D eigenvalue weighted by Crippen LogP contribution is -2.09.